The van der Waals surface area contributed by atoms with E-state index < -0.39 is 5.60 Å². The van der Waals surface area contributed by atoms with Gasteiger partial charge in [0.15, 0.2) is 0 Å². The zero-order chi connectivity index (χ0) is 24.2. The molecule has 1 fully saturated rings. The van der Waals surface area contributed by atoms with Gasteiger partial charge in [0.05, 0.1) is 12.6 Å². The van der Waals surface area contributed by atoms with Gasteiger partial charge in [0.1, 0.15) is 28.7 Å². The lowest BCUT2D eigenvalue weighted by molar-refractivity contribution is 0.0290. The molecule has 1 aliphatic rings. The van der Waals surface area contributed by atoms with E-state index in [0.29, 0.717) is 36.1 Å². The first kappa shape index (κ1) is 24.6. The normalized spacial score (nSPS) is 17.8. The van der Waals surface area contributed by atoms with Gasteiger partial charge in [0.2, 0.25) is 0 Å². The lowest BCUT2D eigenvalue weighted by Crippen LogP contribution is -2.35. The highest BCUT2D eigenvalue weighted by atomic mass is 16.6. The van der Waals surface area contributed by atoms with E-state index in [1.807, 2.05) is 49.7 Å². The summed E-state index contributed by atoms with van der Waals surface area (Å²) in [7, 11) is 3.43. The maximum Gasteiger partial charge on any atom is 0.410 e. The van der Waals surface area contributed by atoms with Crippen LogP contribution in [0.2, 0.25) is 0 Å². The molecular weight excluding hydrogens is 418 g/mol. The predicted octanol–water partition coefficient (Wildman–Crippen LogP) is 4.75. The molecule has 0 unspecified atom stereocenters. The Kier molecular flexibility index (Phi) is 7.65. The molecule has 1 aliphatic carbocycles. The van der Waals surface area contributed by atoms with Crippen molar-refractivity contribution in [1.82, 2.24) is 14.7 Å². The van der Waals surface area contributed by atoms with Crippen LogP contribution in [0, 0.1) is 17.2 Å². The van der Waals surface area contributed by atoms with Crippen molar-refractivity contribution in [3.8, 4) is 17.3 Å². The van der Waals surface area contributed by atoms with Crippen molar-refractivity contribution in [2.24, 2.45) is 5.92 Å². The van der Waals surface area contributed by atoms with Crippen molar-refractivity contribution in [2.45, 2.75) is 64.7 Å². The number of hydrogen-bond donors (Lipinski definition) is 1. The Morgan fingerprint density at radius 3 is 2.55 bits per heavy atom. The van der Waals surface area contributed by atoms with E-state index in [1.165, 1.54) is 0 Å². The molecule has 178 valence electrons. The third-order valence-electron chi connectivity index (χ3n) is 5.97. The molecule has 0 atom stereocenters. The molecule has 1 amide bonds. The molecule has 1 heterocycles. The van der Waals surface area contributed by atoms with Crippen LogP contribution < -0.4 is 5.73 Å². The minimum absolute atomic E-state index is 0.201. The van der Waals surface area contributed by atoms with Crippen molar-refractivity contribution in [3.05, 3.63) is 35.4 Å². The predicted molar refractivity (Wildman–Crippen MR) is 127 cm³/mol. The molecule has 2 N–H and O–H groups in total. The SMILES string of the molecule is COCc1ccc(-c2nn(C3CC(CCCN(C)C(=O)OC(C)(C)C)C3)c(N)c2C#N)cc1. The van der Waals surface area contributed by atoms with Crippen molar-refractivity contribution >= 4 is 11.9 Å². The third-order valence-corrected chi connectivity index (χ3v) is 5.97. The van der Waals surface area contributed by atoms with Crippen molar-refractivity contribution in [2.75, 3.05) is 26.4 Å². The summed E-state index contributed by atoms with van der Waals surface area (Å²) >= 11 is 0. The van der Waals surface area contributed by atoms with E-state index in [9.17, 15) is 10.1 Å². The minimum atomic E-state index is -0.483. The zero-order valence-corrected chi connectivity index (χ0v) is 20.3. The van der Waals surface area contributed by atoms with Gasteiger partial charge in [0, 0.05) is 26.3 Å². The quantitative estimate of drug-likeness (QED) is 0.618. The summed E-state index contributed by atoms with van der Waals surface area (Å²) in [6.45, 7) is 6.82. The maximum absolute atomic E-state index is 12.1. The van der Waals surface area contributed by atoms with Crippen LogP contribution in [0.25, 0.3) is 11.3 Å². The number of carbonyl (C=O) groups is 1. The molecule has 1 aromatic heterocycles. The summed E-state index contributed by atoms with van der Waals surface area (Å²) in [6, 6.07) is 10.3. The van der Waals surface area contributed by atoms with E-state index >= 15 is 0 Å². The van der Waals surface area contributed by atoms with Crippen molar-refractivity contribution in [3.63, 3.8) is 0 Å². The average molecular weight is 454 g/mol. The lowest BCUT2D eigenvalue weighted by atomic mass is 9.77. The van der Waals surface area contributed by atoms with Gasteiger partial charge >= 0.3 is 6.09 Å². The summed E-state index contributed by atoms with van der Waals surface area (Å²) in [5.74, 6) is 0.995. The molecule has 0 aliphatic heterocycles. The van der Waals surface area contributed by atoms with Gasteiger partial charge in [-0.05, 0) is 57.9 Å². The fourth-order valence-corrected chi connectivity index (χ4v) is 4.15. The van der Waals surface area contributed by atoms with E-state index in [0.717, 1.165) is 36.8 Å². The summed E-state index contributed by atoms with van der Waals surface area (Å²) in [5.41, 5.74) is 8.81. The van der Waals surface area contributed by atoms with Crippen LogP contribution in [0.15, 0.2) is 24.3 Å². The monoisotopic (exact) mass is 453 g/mol. The molecule has 1 aromatic carbocycles. The first-order chi connectivity index (χ1) is 15.6. The third kappa shape index (κ3) is 6.05. The Morgan fingerprint density at radius 2 is 1.97 bits per heavy atom. The Balaban J connectivity index is 1.55. The minimum Gasteiger partial charge on any atom is -0.444 e. The molecule has 0 bridgehead atoms. The van der Waals surface area contributed by atoms with Gasteiger partial charge in [-0.1, -0.05) is 24.3 Å². The van der Waals surface area contributed by atoms with E-state index in [-0.39, 0.29) is 12.1 Å². The number of carbonyl (C=O) groups excluding carboxylic acids is 1. The standard InChI is InChI=1S/C25H35N5O3/c1-25(2,3)33-24(31)29(4)12-6-7-18-13-20(14-18)30-23(27)21(15-26)22(28-30)19-10-8-17(9-11-19)16-32-5/h8-11,18,20H,6-7,12-14,16,27H2,1-5H3. The van der Waals surface area contributed by atoms with Crippen LogP contribution in [0.4, 0.5) is 10.6 Å². The molecule has 3 rings (SSSR count). The molecule has 0 spiro atoms. The smallest absolute Gasteiger partial charge is 0.410 e. The topological polar surface area (TPSA) is 106 Å². The number of nitriles is 1. The average Bonchev–Trinajstić information content (AvgIpc) is 3.05. The molecule has 8 nitrogen and oxygen atoms in total. The van der Waals surface area contributed by atoms with Crippen LogP contribution in [-0.4, -0.2) is 47.1 Å². The van der Waals surface area contributed by atoms with Gasteiger partial charge in [-0.2, -0.15) is 10.4 Å². The number of amides is 1. The Morgan fingerprint density at radius 1 is 1.30 bits per heavy atom. The molecular formula is C25H35N5O3. The van der Waals surface area contributed by atoms with Crippen LogP contribution >= 0.6 is 0 Å². The molecule has 0 saturated heterocycles. The van der Waals surface area contributed by atoms with Crippen LogP contribution in [0.5, 0.6) is 0 Å². The van der Waals surface area contributed by atoms with E-state index in [4.69, 9.17) is 20.3 Å². The number of rotatable bonds is 8. The summed E-state index contributed by atoms with van der Waals surface area (Å²) < 4.78 is 12.4. The second kappa shape index (κ2) is 10.3. The molecule has 1 saturated carbocycles. The number of nitrogens with two attached hydrogens (primary N) is 1. The highest BCUT2D eigenvalue weighted by Gasteiger charge is 2.33. The molecule has 2 aromatic rings. The summed E-state index contributed by atoms with van der Waals surface area (Å²) in [6.07, 6.45) is 3.61. The fraction of sp³-hybridized carbons (Fsp3) is 0.560. The lowest BCUT2D eigenvalue weighted by Gasteiger charge is -2.36. The largest absolute Gasteiger partial charge is 0.444 e. The fourth-order valence-electron chi connectivity index (χ4n) is 4.15. The van der Waals surface area contributed by atoms with Crippen LogP contribution in [0.3, 0.4) is 0 Å². The summed E-state index contributed by atoms with van der Waals surface area (Å²) in [5, 5.41) is 14.4. The maximum atomic E-state index is 12.1. The van der Waals surface area contributed by atoms with Gasteiger partial charge in [-0.25, -0.2) is 9.48 Å². The van der Waals surface area contributed by atoms with Gasteiger partial charge < -0.3 is 20.1 Å². The number of ether oxygens (including phenoxy) is 2. The molecule has 0 radical (unpaired) electrons. The van der Waals surface area contributed by atoms with Crippen LogP contribution in [0.1, 0.15) is 63.6 Å². The summed E-state index contributed by atoms with van der Waals surface area (Å²) in [4.78, 5) is 13.7. The Labute approximate surface area is 196 Å². The number of nitrogen functional groups attached to an aromatic ring is 1. The zero-order valence-electron chi connectivity index (χ0n) is 20.3. The van der Waals surface area contributed by atoms with Crippen molar-refractivity contribution in [1.29, 1.82) is 5.26 Å². The Bertz CT molecular complexity index is 995. The molecule has 8 heteroatoms. The number of anilines is 1. The number of hydrogen-bond acceptors (Lipinski definition) is 6. The number of aromatic nitrogens is 2. The number of benzene rings is 1. The second-order valence-electron chi connectivity index (χ2n) is 9.83. The van der Waals surface area contributed by atoms with E-state index in [2.05, 4.69) is 6.07 Å². The number of nitrogens with zero attached hydrogens (tertiary/aromatic N) is 4. The van der Waals surface area contributed by atoms with Crippen molar-refractivity contribution < 1.29 is 14.3 Å². The van der Waals surface area contributed by atoms with E-state index in [1.54, 1.807) is 19.1 Å². The number of methoxy groups -OCH3 is 1. The highest BCUT2D eigenvalue weighted by Crippen LogP contribution is 2.43. The van der Waals surface area contributed by atoms with Crippen LogP contribution in [-0.2, 0) is 16.1 Å². The first-order valence-corrected chi connectivity index (χ1v) is 11.4. The Hall–Kier alpha value is -3.05. The first-order valence-electron chi connectivity index (χ1n) is 11.4. The molecule has 33 heavy (non-hydrogen) atoms. The highest BCUT2D eigenvalue weighted by molar-refractivity contribution is 5.72. The van der Waals surface area contributed by atoms with Gasteiger partial charge in [-0.15, -0.1) is 0 Å². The van der Waals surface area contributed by atoms with Gasteiger partial charge in [0.25, 0.3) is 0 Å². The second-order valence-corrected chi connectivity index (χ2v) is 9.83. The van der Waals surface area contributed by atoms with Gasteiger partial charge in [-0.3, -0.25) is 0 Å².